The van der Waals surface area contributed by atoms with Crippen LogP contribution in [0.4, 0.5) is 5.69 Å². The summed E-state index contributed by atoms with van der Waals surface area (Å²) in [5.74, 6) is 0.223. The number of nitrogens with zero attached hydrogens (tertiary/aromatic N) is 1. The van der Waals surface area contributed by atoms with Crippen molar-refractivity contribution in [2.24, 2.45) is 5.92 Å². The van der Waals surface area contributed by atoms with E-state index < -0.39 is 18.1 Å². The van der Waals surface area contributed by atoms with E-state index in [1.54, 1.807) is 13.2 Å². The Hall–Kier alpha value is -4.15. The number of methoxy groups -OCH3 is 1. The molecule has 0 aromatic heterocycles. The van der Waals surface area contributed by atoms with Gasteiger partial charge in [0.05, 0.1) is 24.8 Å². The van der Waals surface area contributed by atoms with Crippen molar-refractivity contribution in [3.05, 3.63) is 137 Å². The van der Waals surface area contributed by atoms with E-state index in [0.717, 1.165) is 40.1 Å². The maximum absolute atomic E-state index is 14.4. The zero-order valence-corrected chi connectivity index (χ0v) is 25.5. The number of allylic oxidation sites excluding steroid dienone is 1. The average Bonchev–Trinajstić information content (AvgIpc) is 3.41. The van der Waals surface area contributed by atoms with E-state index in [2.05, 4.69) is 83.1 Å². The molecule has 0 N–H and O–H groups in total. The van der Waals surface area contributed by atoms with Crippen molar-refractivity contribution in [1.82, 2.24) is 0 Å². The van der Waals surface area contributed by atoms with E-state index in [9.17, 15) is 4.79 Å². The van der Waals surface area contributed by atoms with Gasteiger partial charge < -0.3 is 4.74 Å². The van der Waals surface area contributed by atoms with Gasteiger partial charge in [-0.1, -0.05) is 111 Å². The normalized spacial score (nSPS) is 18.9. The SMILES string of the molecule is CCC(C)(C)c1ccc(OC)c([C@@H]2[C@@H](C(=O)/C=C/c3ccc(C)cc3)[C@H](c3ccc(C)cc3)ON2c2ccccc2)c1. The number of rotatable bonds is 9. The van der Waals surface area contributed by atoms with Crippen LogP contribution in [0.15, 0.2) is 103 Å². The Balaban J connectivity index is 1.69. The molecule has 3 atom stereocenters. The van der Waals surface area contributed by atoms with Crippen molar-refractivity contribution < 1.29 is 14.4 Å². The molecule has 1 aliphatic rings. The monoisotopic (exact) mass is 559 g/mol. The number of carbonyl (C=O) groups is 1. The van der Waals surface area contributed by atoms with Crippen LogP contribution in [0.3, 0.4) is 0 Å². The van der Waals surface area contributed by atoms with Crippen LogP contribution >= 0.6 is 0 Å². The fraction of sp³-hybridized carbons (Fsp3) is 0.289. The number of ketones is 1. The second-order valence-electron chi connectivity index (χ2n) is 11.9. The maximum Gasteiger partial charge on any atom is 0.164 e. The van der Waals surface area contributed by atoms with Gasteiger partial charge in [0.1, 0.15) is 11.9 Å². The van der Waals surface area contributed by atoms with E-state index in [1.807, 2.05) is 59.7 Å². The Morgan fingerprint density at radius 1 is 0.905 bits per heavy atom. The summed E-state index contributed by atoms with van der Waals surface area (Å²) in [6, 6.07) is 32.5. The van der Waals surface area contributed by atoms with Crippen LogP contribution in [-0.4, -0.2) is 12.9 Å². The van der Waals surface area contributed by atoms with Gasteiger partial charge in [-0.25, -0.2) is 5.06 Å². The largest absolute Gasteiger partial charge is 0.496 e. The molecule has 0 saturated carbocycles. The van der Waals surface area contributed by atoms with Crippen LogP contribution in [0.2, 0.25) is 0 Å². The average molecular weight is 560 g/mol. The number of aryl methyl sites for hydroxylation is 2. The molecule has 1 saturated heterocycles. The minimum atomic E-state index is -0.525. The standard InChI is InChI=1S/C38H41NO3/c1-7-38(4,5)30-22-24-34(41-6)32(25-30)36-35(33(40)23-19-28-17-13-26(2)14-18-28)37(29-20-15-27(3)16-21-29)42-39(36)31-11-9-8-10-12-31/h8-25,35-37H,7H2,1-6H3/b23-19+/t35-,36-,37+/m1/s1. The first-order valence-electron chi connectivity index (χ1n) is 14.8. The highest BCUT2D eigenvalue weighted by atomic mass is 16.7. The summed E-state index contributed by atoms with van der Waals surface area (Å²) in [4.78, 5) is 21.2. The van der Waals surface area contributed by atoms with Gasteiger partial charge in [0.25, 0.3) is 0 Å². The van der Waals surface area contributed by atoms with Crippen LogP contribution < -0.4 is 9.80 Å². The second kappa shape index (κ2) is 12.4. The minimum Gasteiger partial charge on any atom is -0.496 e. The summed E-state index contributed by atoms with van der Waals surface area (Å²) >= 11 is 0. The highest BCUT2D eigenvalue weighted by Crippen LogP contribution is 2.52. The molecule has 0 radical (unpaired) electrons. The molecular formula is C38H41NO3. The van der Waals surface area contributed by atoms with Crippen LogP contribution in [-0.2, 0) is 15.0 Å². The molecule has 216 valence electrons. The number of para-hydroxylation sites is 1. The lowest BCUT2D eigenvalue weighted by Gasteiger charge is -2.30. The quantitative estimate of drug-likeness (QED) is 0.192. The highest BCUT2D eigenvalue weighted by Gasteiger charge is 2.49. The van der Waals surface area contributed by atoms with Crippen LogP contribution in [0.25, 0.3) is 6.08 Å². The van der Waals surface area contributed by atoms with Crippen LogP contribution in [0.1, 0.15) is 72.7 Å². The van der Waals surface area contributed by atoms with Crippen molar-refractivity contribution in [2.45, 2.75) is 58.6 Å². The Labute approximate surface area is 250 Å². The number of hydrogen-bond donors (Lipinski definition) is 0. The van der Waals surface area contributed by atoms with Gasteiger partial charge in [0.15, 0.2) is 5.78 Å². The Morgan fingerprint density at radius 3 is 2.17 bits per heavy atom. The minimum absolute atomic E-state index is 0.00629. The van der Waals surface area contributed by atoms with Crippen molar-refractivity contribution in [2.75, 3.05) is 12.2 Å². The topological polar surface area (TPSA) is 38.8 Å². The van der Waals surface area contributed by atoms with Gasteiger partial charge in [-0.15, -0.1) is 0 Å². The van der Waals surface area contributed by atoms with Gasteiger partial charge in [0.2, 0.25) is 0 Å². The van der Waals surface area contributed by atoms with Gasteiger partial charge in [-0.05, 0) is 72.7 Å². The molecule has 1 fully saturated rings. The number of ether oxygens (including phenoxy) is 1. The molecule has 0 amide bonds. The molecule has 4 aromatic rings. The third-order valence-electron chi connectivity index (χ3n) is 8.62. The van der Waals surface area contributed by atoms with Gasteiger partial charge in [-0.3, -0.25) is 9.63 Å². The number of hydrogen-bond acceptors (Lipinski definition) is 4. The molecule has 4 heteroatoms. The smallest absolute Gasteiger partial charge is 0.164 e. The van der Waals surface area contributed by atoms with Crippen LogP contribution in [0, 0.1) is 19.8 Å². The van der Waals surface area contributed by atoms with Gasteiger partial charge in [0, 0.05) is 5.56 Å². The summed E-state index contributed by atoms with van der Waals surface area (Å²) in [6.45, 7) is 10.8. The first-order chi connectivity index (χ1) is 20.2. The number of anilines is 1. The lowest BCUT2D eigenvalue weighted by atomic mass is 9.78. The summed E-state index contributed by atoms with van der Waals surface area (Å²) in [5.41, 5.74) is 7.29. The summed E-state index contributed by atoms with van der Waals surface area (Å²) in [6.07, 6.45) is 4.12. The fourth-order valence-corrected chi connectivity index (χ4v) is 5.57. The first kappa shape index (κ1) is 29.3. The van der Waals surface area contributed by atoms with E-state index >= 15 is 0 Å². The zero-order valence-electron chi connectivity index (χ0n) is 25.5. The molecule has 0 unspecified atom stereocenters. The highest BCUT2D eigenvalue weighted by molar-refractivity contribution is 5.97. The molecule has 42 heavy (non-hydrogen) atoms. The molecule has 1 aliphatic heterocycles. The predicted octanol–water partition coefficient (Wildman–Crippen LogP) is 9.13. The third kappa shape index (κ3) is 6.05. The third-order valence-corrected chi connectivity index (χ3v) is 8.62. The van der Waals surface area contributed by atoms with Crippen molar-refractivity contribution in [1.29, 1.82) is 0 Å². The predicted molar refractivity (Wildman–Crippen MR) is 172 cm³/mol. The summed E-state index contributed by atoms with van der Waals surface area (Å²) in [5, 5.41) is 1.92. The molecule has 5 rings (SSSR count). The van der Waals surface area contributed by atoms with E-state index in [1.165, 1.54) is 11.1 Å². The van der Waals surface area contributed by atoms with Crippen LogP contribution in [0.5, 0.6) is 5.75 Å². The zero-order chi connectivity index (χ0) is 29.9. The van der Waals surface area contributed by atoms with Gasteiger partial charge >= 0.3 is 0 Å². The second-order valence-corrected chi connectivity index (χ2v) is 11.9. The van der Waals surface area contributed by atoms with E-state index in [4.69, 9.17) is 9.57 Å². The van der Waals surface area contributed by atoms with Gasteiger partial charge in [-0.2, -0.15) is 0 Å². The lowest BCUT2D eigenvalue weighted by molar-refractivity contribution is -0.120. The summed E-state index contributed by atoms with van der Waals surface area (Å²) in [7, 11) is 1.69. The number of hydroxylamine groups is 1. The first-order valence-corrected chi connectivity index (χ1v) is 14.8. The van der Waals surface area contributed by atoms with Crippen molar-refractivity contribution in [3.63, 3.8) is 0 Å². The van der Waals surface area contributed by atoms with Crippen molar-refractivity contribution >= 4 is 17.5 Å². The molecule has 0 spiro atoms. The Kier molecular flexibility index (Phi) is 8.65. The molecule has 0 aliphatic carbocycles. The molecule has 0 bridgehead atoms. The maximum atomic E-state index is 14.4. The lowest BCUT2D eigenvalue weighted by Crippen LogP contribution is -2.29. The Morgan fingerprint density at radius 2 is 1.55 bits per heavy atom. The number of benzene rings is 4. The van der Waals surface area contributed by atoms with E-state index in [-0.39, 0.29) is 11.2 Å². The van der Waals surface area contributed by atoms with E-state index in [0.29, 0.717) is 0 Å². The molecule has 1 heterocycles. The molecule has 4 nitrogen and oxygen atoms in total. The molecule has 4 aromatic carbocycles. The summed E-state index contributed by atoms with van der Waals surface area (Å²) < 4.78 is 5.96. The Bertz CT molecular complexity index is 1540. The number of carbonyl (C=O) groups excluding carboxylic acids is 1. The van der Waals surface area contributed by atoms with Crippen molar-refractivity contribution in [3.8, 4) is 5.75 Å². The fourth-order valence-electron chi connectivity index (χ4n) is 5.57. The molecular weight excluding hydrogens is 518 g/mol.